The van der Waals surface area contributed by atoms with E-state index < -0.39 is 0 Å². The van der Waals surface area contributed by atoms with E-state index in [4.69, 9.17) is 4.74 Å². The summed E-state index contributed by atoms with van der Waals surface area (Å²) >= 11 is 0. The highest BCUT2D eigenvalue weighted by molar-refractivity contribution is 5.85. The van der Waals surface area contributed by atoms with E-state index in [2.05, 4.69) is 22.0 Å². The third kappa shape index (κ3) is 4.85. The summed E-state index contributed by atoms with van der Waals surface area (Å²) in [5, 5.41) is 3.52. The van der Waals surface area contributed by atoms with E-state index in [-0.39, 0.29) is 30.2 Å². The molecule has 0 aromatic carbocycles. The average molecular weight is 410 g/mol. The Morgan fingerprint density at radius 3 is 2.77 bits per heavy atom. The number of nitrogens with one attached hydrogen (secondary N) is 1. The van der Waals surface area contributed by atoms with Gasteiger partial charge in [0.25, 0.3) is 0 Å². The van der Waals surface area contributed by atoms with E-state index in [9.17, 15) is 4.79 Å². The molecule has 5 nitrogen and oxygen atoms in total. The lowest BCUT2D eigenvalue weighted by Gasteiger charge is -2.46. The van der Waals surface area contributed by atoms with Crippen LogP contribution in [-0.2, 0) is 9.53 Å². The monoisotopic (exact) mass is 409 g/mol. The fourth-order valence-corrected chi connectivity index (χ4v) is 5.07. The lowest BCUT2D eigenvalue weighted by Crippen LogP contribution is -2.59. The van der Waals surface area contributed by atoms with Gasteiger partial charge >= 0.3 is 0 Å². The van der Waals surface area contributed by atoms with Crippen LogP contribution in [0.3, 0.4) is 0 Å². The summed E-state index contributed by atoms with van der Waals surface area (Å²) in [4.78, 5) is 18.1. The van der Waals surface area contributed by atoms with Crippen LogP contribution in [0.4, 0.5) is 0 Å². The molecule has 3 rings (SSSR count). The number of hydrogen-bond acceptors (Lipinski definition) is 4. The Hall–Kier alpha value is -0.0700. The third-order valence-corrected chi connectivity index (χ3v) is 6.55. The highest BCUT2D eigenvalue weighted by Crippen LogP contribution is 2.45. The van der Waals surface area contributed by atoms with Crippen molar-refractivity contribution in [2.24, 2.45) is 11.3 Å². The summed E-state index contributed by atoms with van der Waals surface area (Å²) in [6.45, 7) is 11.6. The van der Waals surface area contributed by atoms with Gasteiger partial charge in [-0.25, -0.2) is 0 Å². The van der Waals surface area contributed by atoms with Crippen molar-refractivity contribution in [1.29, 1.82) is 0 Å². The fraction of sp³-hybridized carbons (Fsp3) is 0.947. The largest absolute Gasteiger partial charge is 0.380 e. The second kappa shape index (κ2) is 11.1. The minimum atomic E-state index is -0.0932. The first-order valence-corrected chi connectivity index (χ1v) is 10.0. The molecular formula is C19H37Cl2N3O2. The molecule has 26 heavy (non-hydrogen) atoms. The number of carbonyl (C=O) groups excluding carboxylic acids is 1. The van der Waals surface area contributed by atoms with Crippen LogP contribution in [0.15, 0.2) is 0 Å². The molecule has 0 aromatic heterocycles. The molecule has 2 saturated heterocycles. The van der Waals surface area contributed by atoms with Crippen LogP contribution in [0.1, 0.15) is 46.0 Å². The Balaban J connectivity index is 0.00000169. The molecular weight excluding hydrogens is 373 g/mol. The van der Waals surface area contributed by atoms with E-state index in [1.165, 1.54) is 19.3 Å². The first-order chi connectivity index (χ1) is 11.7. The Bertz CT molecular complexity index is 441. The topological polar surface area (TPSA) is 44.8 Å². The summed E-state index contributed by atoms with van der Waals surface area (Å²) < 4.78 is 5.52. The number of hydrogen-bond donors (Lipinski definition) is 1. The molecule has 154 valence electrons. The number of carbonyl (C=O) groups is 1. The first-order valence-electron chi connectivity index (χ1n) is 10.0. The predicted octanol–water partition coefficient (Wildman–Crippen LogP) is 2.57. The van der Waals surface area contributed by atoms with Crippen LogP contribution < -0.4 is 5.32 Å². The summed E-state index contributed by atoms with van der Waals surface area (Å²) in [7, 11) is 0. The summed E-state index contributed by atoms with van der Waals surface area (Å²) in [6, 6.07) is 0.482. The van der Waals surface area contributed by atoms with Crippen molar-refractivity contribution in [1.82, 2.24) is 15.1 Å². The Kier molecular flexibility index (Phi) is 10.2. The van der Waals surface area contributed by atoms with Crippen molar-refractivity contribution in [3.8, 4) is 0 Å². The van der Waals surface area contributed by atoms with Crippen molar-refractivity contribution in [3.63, 3.8) is 0 Å². The average Bonchev–Trinajstić information content (AvgIpc) is 3.06. The minimum absolute atomic E-state index is 0. The molecule has 0 spiro atoms. The van der Waals surface area contributed by atoms with Crippen LogP contribution in [0.2, 0.25) is 0 Å². The van der Waals surface area contributed by atoms with Crippen LogP contribution >= 0.6 is 24.8 Å². The number of nitrogens with zero attached hydrogens (tertiary/aromatic N) is 2. The molecule has 0 radical (unpaired) electrons. The van der Waals surface area contributed by atoms with Crippen molar-refractivity contribution < 1.29 is 9.53 Å². The van der Waals surface area contributed by atoms with Gasteiger partial charge in [-0.1, -0.05) is 19.8 Å². The van der Waals surface area contributed by atoms with Crippen molar-refractivity contribution in [2.75, 3.05) is 52.5 Å². The molecule has 1 amide bonds. The smallest absolute Gasteiger partial charge is 0.230 e. The normalized spacial score (nSPS) is 31.7. The van der Waals surface area contributed by atoms with E-state index in [0.717, 1.165) is 65.3 Å². The van der Waals surface area contributed by atoms with E-state index >= 15 is 0 Å². The van der Waals surface area contributed by atoms with Gasteiger partial charge in [0.2, 0.25) is 5.91 Å². The molecule has 0 bridgehead atoms. The molecule has 1 aliphatic carbocycles. The molecule has 0 aromatic rings. The van der Waals surface area contributed by atoms with Gasteiger partial charge in [0, 0.05) is 45.4 Å². The molecule has 2 heterocycles. The fourth-order valence-electron chi connectivity index (χ4n) is 5.07. The van der Waals surface area contributed by atoms with Gasteiger partial charge in [0.15, 0.2) is 0 Å². The maximum Gasteiger partial charge on any atom is 0.230 e. The minimum Gasteiger partial charge on any atom is -0.380 e. The van der Waals surface area contributed by atoms with E-state index in [1.54, 1.807) is 0 Å². The summed E-state index contributed by atoms with van der Waals surface area (Å²) in [5.74, 6) is 1.01. The molecule has 3 atom stereocenters. The zero-order chi connectivity index (χ0) is 17.0. The third-order valence-electron chi connectivity index (χ3n) is 6.55. The van der Waals surface area contributed by atoms with Gasteiger partial charge in [0.05, 0.1) is 12.0 Å². The zero-order valence-corrected chi connectivity index (χ0v) is 18.0. The van der Waals surface area contributed by atoms with Gasteiger partial charge in [-0.05, 0) is 38.6 Å². The molecule has 1 saturated carbocycles. The molecule has 1 unspecified atom stereocenters. The van der Waals surface area contributed by atoms with Crippen LogP contribution in [0, 0.1) is 11.3 Å². The van der Waals surface area contributed by atoms with Crippen LogP contribution in [0.25, 0.3) is 0 Å². The number of halogens is 2. The van der Waals surface area contributed by atoms with Gasteiger partial charge < -0.3 is 15.0 Å². The van der Waals surface area contributed by atoms with Gasteiger partial charge in [-0.15, -0.1) is 24.8 Å². The van der Waals surface area contributed by atoms with Crippen LogP contribution in [0.5, 0.6) is 0 Å². The Morgan fingerprint density at radius 1 is 1.23 bits per heavy atom. The van der Waals surface area contributed by atoms with Gasteiger partial charge in [0.1, 0.15) is 0 Å². The van der Waals surface area contributed by atoms with Crippen molar-refractivity contribution in [3.05, 3.63) is 0 Å². The number of rotatable bonds is 6. The Labute approximate surface area is 171 Å². The molecule has 1 N–H and O–H groups in total. The predicted molar refractivity (Wildman–Crippen MR) is 110 cm³/mol. The maximum absolute atomic E-state index is 13.4. The number of amides is 1. The summed E-state index contributed by atoms with van der Waals surface area (Å²) in [6.07, 6.45) is 5.93. The second-order valence-electron chi connectivity index (χ2n) is 7.78. The lowest BCUT2D eigenvalue weighted by atomic mass is 9.67. The summed E-state index contributed by atoms with van der Waals surface area (Å²) in [5.41, 5.74) is -0.0932. The zero-order valence-electron chi connectivity index (χ0n) is 16.4. The SMILES string of the molecule is CCOCCN1CCN(C(=O)[C@@]23CCCC[C@H]2CNC3)CC1CC.Cl.Cl. The highest BCUT2D eigenvalue weighted by Gasteiger charge is 2.51. The van der Waals surface area contributed by atoms with Crippen molar-refractivity contribution >= 4 is 30.7 Å². The molecule has 2 aliphatic heterocycles. The van der Waals surface area contributed by atoms with Gasteiger partial charge in [-0.3, -0.25) is 9.69 Å². The number of piperazine rings is 1. The lowest BCUT2D eigenvalue weighted by molar-refractivity contribution is -0.148. The Morgan fingerprint density at radius 2 is 2.04 bits per heavy atom. The van der Waals surface area contributed by atoms with Gasteiger partial charge in [-0.2, -0.15) is 0 Å². The second-order valence-corrected chi connectivity index (χ2v) is 7.78. The van der Waals surface area contributed by atoms with E-state index in [1.807, 2.05) is 6.92 Å². The maximum atomic E-state index is 13.4. The van der Waals surface area contributed by atoms with E-state index in [0.29, 0.717) is 17.9 Å². The molecule has 7 heteroatoms. The number of ether oxygens (including phenoxy) is 1. The highest BCUT2D eigenvalue weighted by atomic mass is 35.5. The van der Waals surface area contributed by atoms with Crippen molar-refractivity contribution in [2.45, 2.75) is 52.0 Å². The van der Waals surface area contributed by atoms with Crippen LogP contribution in [-0.4, -0.2) is 74.2 Å². The molecule has 3 fully saturated rings. The number of fused-ring (bicyclic) bond motifs is 1. The standard InChI is InChI=1S/C19H35N3O2.2ClH/c1-3-17-14-22(10-9-21(17)11-12-24-4-2)18(23)19-8-6-5-7-16(19)13-20-15-19;;/h16-17,20H,3-15H2,1-2H3;2*1H/t16-,17?,19+;;/m0../s1. The first kappa shape index (κ1) is 24.0. The quantitative estimate of drug-likeness (QED) is 0.684. The molecule has 3 aliphatic rings.